The Kier molecular flexibility index (Phi) is 7.28. The van der Waals surface area contributed by atoms with Crippen LogP contribution >= 0.6 is 0 Å². The minimum atomic E-state index is -0.853. The van der Waals surface area contributed by atoms with Crippen molar-refractivity contribution in [1.82, 2.24) is 0 Å². The van der Waals surface area contributed by atoms with Gasteiger partial charge in [-0.15, -0.1) is 0 Å². The fraction of sp³-hybridized carbons (Fsp3) is 0.533. The number of halogens is 1. The molecule has 1 rings (SSSR count). The summed E-state index contributed by atoms with van der Waals surface area (Å²) in [5.41, 5.74) is 0.149. The quantitative estimate of drug-likeness (QED) is 0.705. The van der Waals surface area contributed by atoms with E-state index in [0.29, 0.717) is 6.61 Å². The molecule has 0 aliphatic heterocycles. The van der Waals surface area contributed by atoms with E-state index in [4.69, 9.17) is 14.2 Å². The van der Waals surface area contributed by atoms with Crippen molar-refractivity contribution in [2.75, 3.05) is 26.9 Å². The van der Waals surface area contributed by atoms with E-state index in [0.717, 1.165) is 6.07 Å². The molecule has 1 N–H and O–H groups in total. The zero-order valence-corrected chi connectivity index (χ0v) is 12.5. The van der Waals surface area contributed by atoms with Crippen molar-refractivity contribution in [3.8, 4) is 5.75 Å². The van der Waals surface area contributed by atoms with Gasteiger partial charge in [0.2, 0.25) is 0 Å². The number of methoxy groups -OCH3 is 1. The Bertz CT molecular complexity index is 463. The molecule has 0 saturated heterocycles. The molecule has 21 heavy (non-hydrogen) atoms. The van der Waals surface area contributed by atoms with Crippen molar-refractivity contribution in [1.29, 1.82) is 0 Å². The van der Waals surface area contributed by atoms with Crippen molar-refractivity contribution in [2.24, 2.45) is 0 Å². The van der Waals surface area contributed by atoms with Gasteiger partial charge in [0.25, 0.3) is 0 Å². The lowest BCUT2D eigenvalue weighted by Gasteiger charge is -2.17. The van der Waals surface area contributed by atoms with Crippen LogP contribution in [-0.4, -0.2) is 50.0 Å². The van der Waals surface area contributed by atoms with Gasteiger partial charge in [0.1, 0.15) is 24.3 Å². The van der Waals surface area contributed by atoms with Crippen LogP contribution in [-0.2, 0) is 9.47 Å². The van der Waals surface area contributed by atoms with E-state index in [1.165, 1.54) is 19.1 Å². The van der Waals surface area contributed by atoms with Crippen LogP contribution in [0.3, 0.4) is 0 Å². The molecular formula is C15H21FO5. The van der Waals surface area contributed by atoms with Crippen LogP contribution in [0.25, 0.3) is 0 Å². The van der Waals surface area contributed by atoms with E-state index >= 15 is 0 Å². The standard InChI is InChI=1S/C15H21FO5/c1-10(7-19-3)20-8-13(18)9-21-15-5-4-12(16)6-14(15)11(2)17/h4-6,10,13,18H,7-9H2,1-3H3. The molecule has 1 aromatic carbocycles. The molecule has 0 radical (unpaired) electrons. The third kappa shape index (κ3) is 6.20. The number of rotatable bonds is 9. The van der Waals surface area contributed by atoms with Gasteiger partial charge in [-0.25, -0.2) is 4.39 Å². The van der Waals surface area contributed by atoms with E-state index in [1.807, 2.05) is 6.92 Å². The SMILES string of the molecule is COCC(C)OCC(O)COc1ccc(F)cc1C(C)=O. The molecule has 0 aliphatic carbocycles. The second-order valence-electron chi connectivity index (χ2n) is 4.76. The molecule has 0 aromatic heterocycles. The lowest BCUT2D eigenvalue weighted by molar-refractivity contribution is -0.0423. The Morgan fingerprint density at radius 3 is 2.67 bits per heavy atom. The van der Waals surface area contributed by atoms with Gasteiger partial charge in [-0.3, -0.25) is 4.79 Å². The van der Waals surface area contributed by atoms with Gasteiger partial charge < -0.3 is 19.3 Å². The largest absolute Gasteiger partial charge is 0.490 e. The summed E-state index contributed by atoms with van der Waals surface area (Å²) >= 11 is 0. The number of aliphatic hydroxyl groups is 1. The van der Waals surface area contributed by atoms with Crippen LogP contribution in [0.5, 0.6) is 5.75 Å². The Hall–Kier alpha value is -1.50. The molecule has 0 aliphatic rings. The van der Waals surface area contributed by atoms with Crippen LogP contribution in [0, 0.1) is 5.82 Å². The molecule has 5 nitrogen and oxygen atoms in total. The third-order valence-electron chi connectivity index (χ3n) is 2.73. The molecular weight excluding hydrogens is 279 g/mol. The minimum absolute atomic E-state index is 0.0500. The van der Waals surface area contributed by atoms with Gasteiger partial charge in [-0.1, -0.05) is 0 Å². The first-order chi connectivity index (χ1) is 9.93. The predicted octanol–water partition coefficient (Wildman–Crippen LogP) is 1.82. The second-order valence-corrected chi connectivity index (χ2v) is 4.76. The van der Waals surface area contributed by atoms with Crippen LogP contribution in [0.4, 0.5) is 4.39 Å². The number of hydrogen-bond donors (Lipinski definition) is 1. The number of benzene rings is 1. The summed E-state index contributed by atoms with van der Waals surface area (Å²) < 4.78 is 28.7. The lowest BCUT2D eigenvalue weighted by atomic mass is 10.1. The molecule has 1 aromatic rings. The monoisotopic (exact) mass is 300 g/mol. The van der Waals surface area contributed by atoms with Gasteiger partial charge in [0.05, 0.1) is 24.9 Å². The molecule has 2 atom stereocenters. The number of Topliss-reactive ketones (excluding diaryl/α,β-unsaturated/α-hetero) is 1. The molecule has 0 heterocycles. The van der Waals surface area contributed by atoms with E-state index in [9.17, 15) is 14.3 Å². The van der Waals surface area contributed by atoms with E-state index < -0.39 is 11.9 Å². The smallest absolute Gasteiger partial charge is 0.163 e. The highest BCUT2D eigenvalue weighted by atomic mass is 19.1. The fourth-order valence-electron chi connectivity index (χ4n) is 1.70. The zero-order valence-electron chi connectivity index (χ0n) is 12.5. The molecule has 0 amide bonds. The first kappa shape index (κ1) is 17.6. The summed E-state index contributed by atoms with van der Waals surface area (Å²) in [6, 6.07) is 3.68. The number of hydrogen-bond acceptors (Lipinski definition) is 5. The van der Waals surface area contributed by atoms with Crippen molar-refractivity contribution >= 4 is 5.78 Å². The van der Waals surface area contributed by atoms with Crippen molar-refractivity contribution < 1.29 is 28.5 Å². The highest BCUT2D eigenvalue weighted by Gasteiger charge is 2.13. The average molecular weight is 300 g/mol. The Labute approximate surface area is 123 Å². The zero-order chi connectivity index (χ0) is 15.8. The highest BCUT2D eigenvalue weighted by Crippen LogP contribution is 2.20. The van der Waals surface area contributed by atoms with Crippen LogP contribution < -0.4 is 4.74 Å². The molecule has 0 bridgehead atoms. The first-order valence-corrected chi connectivity index (χ1v) is 6.66. The van der Waals surface area contributed by atoms with Crippen molar-refractivity contribution in [2.45, 2.75) is 26.1 Å². The minimum Gasteiger partial charge on any atom is -0.490 e. The lowest BCUT2D eigenvalue weighted by Crippen LogP contribution is -2.27. The van der Waals surface area contributed by atoms with Crippen LogP contribution in [0.15, 0.2) is 18.2 Å². The van der Waals surface area contributed by atoms with E-state index in [-0.39, 0.29) is 36.4 Å². The van der Waals surface area contributed by atoms with Gasteiger partial charge in [-0.2, -0.15) is 0 Å². The van der Waals surface area contributed by atoms with Gasteiger partial charge >= 0.3 is 0 Å². The summed E-state index contributed by atoms with van der Waals surface area (Å²) in [7, 11) is 1.57. The van der Waals surface area contributed by atoms with Gasteiger partial charge in [0, 0.05) is 7.11 Å². The number of ether oxygens (including phenoxy) is 3. The fourth-order valence-corrected chi connectivity index (χ4v) is 1.70. The predicted molar refractivity (Wildman–Crippen MR) is 75.2 cm³/mol. The van der Waals surface area contributed by atoms with E-state index in [2.05, 4.69) is 0 Å². The first-order valence-electron chi connectivity index (χ1n) is 6.66. The summed E-state index contributed by atoms with van der Waals surface area (Å²) in [5.74, 6) is -0.568. The van der Waals surface area contributed by atoms with Gasteiger partial charge in [-0.05, 0) is 32.0 Å². The second kappa shape index (κ2) is 8.71. The topological polar surface area (TPSA) is 65.0 Å². The normalized spacial score (nSPS) is 13.8. The Morgan fingerprint density at radius 2 is 2.05 bits per heavy atom. The Morgan fingerprint density at radius 1 is 1.33 bits per heavy atom. The maximum absolute atomic E-state index is 13.1. The number of carbonyl (C=O) groups excluding carboxylic acids is 1. The molecule has 0 saturated carbocycles. The highest BCUT2D eigenvalue weighted by molar-refractivity contribution is 5.96. The number of aliphatic hydroxyl groups excluding tert-OH is 1. The van der Waals surface area contributed by atoms with Crippen LogP contribution in [0.1, 0.15) is 24.2 Å². The molecule has 0 spiro atoms. The third-order valence-corrected chi connectivity index (χ3v) is 2.73. The maximum atomic E-state index is 13.1. The summed E-state index contributed by atoms with van der Waals surface area (Å²) in [6.07, 6.45) is -0.989. The summed E-state index contributed by atoms with van der Waals surface area (Å²) in [6.45, 7) is 3.62. The van der Waals surface area contributed by atoms with Gasteiger partial charge in [0.15, 0.2) is 5.78 Å². The summed E-state index contributed by atoms with van der Waals surface area (Å²) in [4.78, 5) is 11.4. The molecule has 6 heteroatoms. The Balaban J connectivity index is 2.49. The van der Waals surface area contributed by atoms with Crippen molar-refractivity contribution in [3.63, 3.8) is 0 Å². The molecule has 0 fully saturated rings. The summed E-state index contributed by atoms with van der Waals surface area (Å²) in [5, 5.41) is 9.76. The van der Waals surface area contributed by atoms with Crippen LogP contribution in [0.2, 0.25) is 0 Å². The average Bonchev–Trinajstić information content (AvgIpc) is 2.44. The molecule has 2 unspecified atom stereocenters. The number of ketones is 1. The number of carbonyl (C=O) groups is 1. The van der Waals surface area contributed by atoms with Crippen molar-refractivity contribution in [3.05, 3.63) is 29.6 Å². The maximum Gasteiger partial charge on any atom is 0.163 e. The van der Waals surface area contributed by atoms with E-state index in [1.54, 1.807) is 7.11 Å². The molecule has 118 valence electrons.